The fourth-order valence-corrected chi connectivity index (χ4v) is 3.90. The Morgan fingerprint density at radius 1 is 1.12 bits per heavy atom. The maximum atomic E-state index is 13.6. The maximum Gasteiger partial charge on any atom is 0.253 e. The summed E-state index contributed by atoms with van der Waals surface area (Å²) >= 11 is 0. The minimum atomic E-state index is -3.80. The van der Waals surface area contributed by atoms with Crippen molar-refractivity contribution in [2.45, 2.75) is 31.2 Å². The Balaban J connectivity index is 1.65. The number of rotatable bonds is 5. The Morgan fingerprint density at radius 3 is 2.38 bits per heavy atom. The second-order valence-electron chi connectivity index (χ2n) is 6.43. The molecule has 7 heteroatoms. The van der Waals surface area contributed by atoms with Crippen LogP contribution in [0.2, 0.25) is 0 Å². The molecule has 0 spiro atoms. The molecule has 1 heterocycles. The first kappa shape index (κ1) is 18.5. The molecule has 1 N–H and O–H groups in total. The number of likely N-dealkylation sites (tertiary alicyclic amines) is 1. The highest BCUT2D eigenvalue weighted by molar-refractivity contribution is 7.89. The molecule has 0 aliphatic carbocycles. The standard InChI is InChI=1S/C19H21FN2O3S/c1-14-4-9-17(12-18(14)20)26(24,25)21-13-15-5-7-16(8-6-15)19(23)22-10-2-3-11-22/h4-9,12,21H,2-3,10-11,13H2,1H3. The highest BCUT2D eigenvalue weighted by atomic mass is 32.2. The van der Waals surface area contributed by atoms with E-state index in [2.05, 4.69) is 4.72 Å². The van der Waals surface area contributed by atoms with E-state index in [0.29, 0.717) is 11.1 Å². The number of hydrogen-bond donors (Lipinski definition) is 1. The quantitative estimate of drug-likeness (QED) is 0.873. The van der Waals surface area contributed by atoms with Crippen LogP contribution in [0.25, 0.3) is 0 Å². The summed E-state index contributed by atoms with van der Waals surface area (Å²) in [6, 6.07) is 10.7. The van der Waals surface area contributed by atoms with Gasteiger partial charge in [0, 0.05) is 25.2 Å². The first-order valence-corrected chi connectivity index (χ1v) is 9.99. The third-order valence-electron chi connectivity index (χ3n) is 4.51. The maximum absolute atomic E-state index is 13.6. The molecule has 1 aliphatic rings. The minimum absolute atomic E-state index is 0.00441. The van der Waals surface area contributed by atoms with Crippen LogP contribution in [-0.4, -0.2) is 32.3 Å². The summed E-state index contributed by atoms with van der Waals surface area (Å²) in [7, 11) is -3.80. The predicted octanol–water partition coefficient (Wildman–Crippen LogP) is 2.85. The third kappa shape index (κ3) is 4.11. The van der Waals surface area contributed by atoms with Gasteiger partial charge in [0.25, 0.3) is 5.91 Å². The van der Waals surface area contributed by atoms with Gasteiger partial charge in [0.15, 0.2) is 0 Å². The molecule has 2 aromatic rings. The summed E-state index contributed by atoms with van der Waals surface area (Å²) in [5.74, 6) is -0.553. The molecular formula is C19H21FN2O3S. The van der Waals surface area contributed by atoms with Crippen molar-refractivity contribution in [3.05, 3.63) is 65.0 Å². The van der Waals surface area contributed by atoms with Crippen LogP contribution in [0.1, 0.15) is 34.3 Å². The number of benzene rings is 2. The topological polar surface area (TPSA) is 66.5 Å². The SMILES string of the molecule is Cc1ccc(S(=O)(=O)NCc2ccc(C(=O)N3CCCC3)cc2)cc1F. The van der Waals surface area contributed by atoms with Gasteiger partial charge in [0.2, 0.25) is 10.0 Å². The van der Waals surface area contributed by atoms with Crippen LogP contribution in [-0.2, 0) is 16.6 Å². The first-order chi connectivity index (χ1) is 12.4. The lowest BCUT2D eigenvalue weighted by molar-refractivity contribution is 0.0793. The molecule has 1 saturated heterocycles. The summed E-state index contributed by atoms with van der Waals surface area (Å²) in [5.41, 5.74) is 1.71. The Hall–Kier alpha value is -2.25. The van der Waals surface area contributed by atoms with Crippen molar-refractivity contribution in [2.75, 3.05) is 13.1 Å². The van der Waals surface area contributed by atoms with E-state index in [1.54, 1.807) is 31.2 Å². The second kappa shape index (κ2) is 7.55. The van der Waals surface area contributed by atoms with Gasteiger partial charge in [-0.1, -0.05) is 18.2 Å². The zero-order valence-corrected chi connectivity index (χ0v) is 15.4. The Labute approximate surface area is 152 Å². The molecule has 0 bridgehead atoms. The number of carbonyl (C=O) groups excluding carboxylic acids is 1. The summed E-state index contributed by atoms with van der Waals surface area (Å²) in [6.07, 6.45) is 2.07. The van der Waals surface area contributed by atoms with Crippen LogP contribution in [0.15, 0.2) is 47.4 Å². The zero-order chi connectivity index (χ0) is 18.7. The van der Waals surface area contributed by atoms with Gasteiger partial charge < -0.3 is 4.90 Å². The molecule has 5 nitrogen and oxygen atoms in total. The van der Waals surface area contributed by atoms with Crippen LogP contribution in [0, 0.1) is 12.7 Å². The van der Waals surface area contributed by atoms with Crippen LogP contribution < -0.4 is 4.72 Å². The van der Waals surface area contributed by atoms with Crippen LogP contribution in [0.4, 0.5) is 4.39 Å². The van der Waals surface area contributed by atoms with Crippen molar-refractivity contribution >= 4 is 15.9 Å². The third-order valence-corrected chi connectivity index (χ3v) is 5.91. The minimum Gasteiger partial charge on any atom is -0.339 e. The Kier molecular flexibility index (Phi) is 5.38. The highest BCUT2D eigenvalue weighted by Crippen LogP contribution is 2.16. The van der Waals surface area contributed by atoms with E-state index in [4.69, 9.17) is 0 Å². The van der Waals surface area contributed by atoms with E-state index >= 15 is 0 Å². The average Bonchev–Trinajstić information content (AvgIpc) is 3.17. The molecule has 2 aromatic carbocycles. The van der Waals surface area contributed by atoms with Gasteiger partial charge in [-0.15, -0.1) is 0 Å². The lowest BCUT2D eigenvalue weighted by Crippen LogP contribution is -2.27. The molecule has 0 atom stereocenters. The molecule has 0 saturated carbocycles. The number of nitrogens with one attached hydrogen (secondary N) is 1. The van der Waals surface area contributed by atoms with Crippen LogP contribution in [0.5, 0.6) is 0 Å². The van der Waals surface area contributed by atoms with E-state index in [9.17, 15) is 17.6 Å². The van der Waals surface area contributed by atoms with Gasteiger partial charge in [-0.25, -0.2) is 17.5 Å². The molecule has 1 amide bonds. The number of nitrogens with zero attached hydrogens (tertiary/aromatic N) is 1. The van der Waals surface area contributed by atoms with E-state index in [1.165, 1.54) is 12.1 Å². The van der Waals surface area contributed by atoms with Crippen molar-refractivity contribution in [1.82, 2.24) is 9.62 Å². The molecule has 1 aliphatic heterocycles. The fraction of sp³-hybridized carbons (Fsp3) is 0.316. The van der Waals surface area contributed by atoms with Gasteiger partial charge >= 0.3 is 0 Å². The zero-order valence-electron chi connectivity index (χ0n) is 14.5. The van der Waals surface area contributed by atoms with Gasteiger partial charge in [-0.2, -0.15) is 0 Å². The number of amides is 1. The van der Waals surface area contributed by atoms with E-state index in [0.717, 1.165) is 37.6 Å². The molecule has 138 valence electrons. The van der Waals surface area contributed by atoms with Gasteiger partial charge in [-0.05, 0) is 55.2 Å². The Bertz CT molecular complexity index is 905. The lowest BCUT2D eigenvalue weighted by Gasteiger charge is -2.15. The number of carbonyl (C=O) groups is 1. The van der Waals surface area contributed by atoms with Gasteiger partial charge in [0.05, 0.1) is 4.90 Å². The number of aryl methyl sites for hydroxylation is 1. The van der Waals surface area contributed by atoms with E-state index in [1.807, 2.05) is 4.90 Å². The predicted molar refractivity (Wildman–Crippen MR) is 96.7 cm³/mol. The van der Waals surface area contributed by atoms with Gasteiger partial charge in [0.1, 0.15) is 5.82 Å². The Morgan fingerprint density at radius 2 is 1.77 bits per heavy atom. The van der Waals surface area contributed by atoms with E-state index in [-0.39, 0.29) is 17.3 Å². The molecule has 26 heavy (non-hydrogen) atoms. The molecule has 0 radical (unpaired) electrons. The second-order valence-corrected chi connectivity index (χ2v) is 8.20. The number of hydrogen-bond acceptors (Lipinski definition) is 3. The average molecular weight is 376 g/mol. The molecule has 0 unspecified atom stereocenters. The molecule has 3 rings (SSSR count). The number of halogens is 1. The van der Waals surface area contributed by atoms with Crippen molar-refractivity contribution in [3.8, 4) is 0 Å². The fourth-order valence-electron chi connectivity index (χ4n) is 2.87. The summed E-state index contributed by atoms with van der Waals surface area (Å²) in [6.45, 7) is 3.21. The van der Waals surface area contributed by atoms with Crippen LogP contribution in [0.3, 0.4) is 0 Å². The van der Waals surface area contributed by atoms with Crippen molar-refractivity contribution in [2.24, 2.45) is 0 Å². The normalized spacial score (nSPS) is 14.6. The first-order valence-electron chi connectivity index (χ1n) is 8.51. The highest BCUT2D eigenvalue weighted by Gasteiger charge is 2.19. The van der Waals surface area contributed by atoms with Crippen molar-refractivity contribution in [1.29, 1.82) is 0 Å². The summed E-state index contributed by atoms with van der Waals surface area (Å²) < 4.78 is 40.6. The van der Waals surface area contributed by atoms with Crippen LogP contribution >= 0.6 is 0 Å². The van der Waals surface area contributed by atoms with Gasteiger partial charge in [-0.3, -0.25) is 4.79 Å². The molecule has 0 aromatic heterocycles. The monoisotopic (exact) mass is 376 g/mol. The molecule has 1 fully saturated rings. The van der Waals surface area contributed by atoms with E-state index < -0.39 is 15.8 Å². The summed E-state index contributed by atoms with van der Waals surface area (Å²) in [5, 5.41) is 0. The molecular weight excluding hydrogens is 355 g/mol. The van der Waals surface area contributed by atoms with Crippen molar-refractivity contribution < 1.29 is 17.6 Å². The lowest BCUT2D eigenvalue weighted by atomic mass is 10.1. The smallest absolute Gasteiger partial charge is 0.253 e. The summed E-state index contributed by atoms with van der Waals surface area (Å²) in [4.78, 5) is 14.0. The van der Waals surface area contributed by atoms with Crippen molar-refractivity contribution in [3.63, 3.8) is 0 Å². The largest absolute Gasteiger partial charge is 0.339 e. The number of sulfonamides is 1.